The quantitative estimate of drug-likeness (QED) is 0.696. The van der Waals surface area contributed by atoms with Gasteiger partial charge in [-0.15, -0.1) is 0 Å². The fourth-order valence-electron chi connectivity index (χ4n) is 4.27. The first kappa shape index (κ1) is 21.1. The predicted octanol–water partition coefficient (Wildman–Crippen LogP) is 0.296. The zero-order valence-corrected chi connectivity index (χ0v) is 17.7. The highest BCUT2D eigenvalue weighted by Crippen LogP contribution is 2.26. The number of hydrogen-bond donors (Lipinski definition) is 0. The number of aromatic nitrogens is 2. The van der Waals surface area contributed by atoms with Crippen LogP contribution in [0.3, 0.4) is 0 Å². The Balaban J connectivity index is 1.31. The lowest BCUT2D eigenvalue weighted by Gasteiger charge is -2.34. The van der Waals surface area contributed by atoms with Crippen molar-refractivity contribution in [1.29, 1.82) is 0 Å². The van der Waals surface area contributed by atoms with Gasteiger partial charge in [-0.25, -0.2) is 9.97 Å². The van der Waals surface area contributed by atoms with Gasteiger partial charge in [-0.1, -0.05) is 0 Å². The van der Waals surface area contributed by atoms with Crippen LogP contribution in [0.5, 0.6) is 0 Å². The summed E-state index contributed by atoms with van der Waals surface area (Å²) in [5.41, 5.74) is 1.29. The van der Waals surface area contributed by atoms with E-state index in [1.165, 1.54) is 0 Å². The minimum atomic E-state index is -0.0223. The number of morpholine rings is 2. The summed E-state index contributed by atoms with van der Waals surface area (Å²) in [5.74, 6) is 1.18. The molecular weight excluding hydrogens is 386 g/mol. The van der Waals surface area contributed by atoms with Crippen molar-refractivity contribution in [3.63, 3.8) is 0 Å². The highest BCUT2D eigenvalue weighted by Gasteiger charge is 2.28. The van der Waals surface area contributed by atoms with Crippen molar-refractivity contribution >= 4 is 11.8 Å². The molecule has 0 atom stereocenters. The highest BCUT2D eigenvalue weighted by molar-refractivity contribution is 5.95. The lowest BCUT2D eigenvalue weighted by atomic mass is 9.95. The third kappa shape index (κ3) is 4.96. The lowest BCUT2D eigenvalue weighted by molar-refractivity contribution is -0.134. The Bertz CT molecular complexity index is 754. The average molecular weight is 418 g/mol. The number of rotatable bonds is 4. The monoisotopic (exact) mass is 417 g/mol. The second-order valence-electron chi connectivity index (χ2n) is 8.18. The van der Waals surface area contributed by atoms with Crippen LogP contribution in [0.1, 0.15) is 40.6 Å². The fourth-order valence-corrected chi connectivity index (χ4v) is 4.27. The van der Waals surface area contributed by atoms with Gasteiger partial charge in [0.05, 0.1) is 44.2 Å². The van der Waals surface area contributed by atoms with E-state index < -0.39 is 0 Å². The predicted molar refractivity (Wildman–Crippen MR) is 109 cm³/mol. The maximum absolute atomic E-state index is 12.7. The van der Waals surface area contributed by atoms with E-state index in [1.54, 1.807) is 11.1 Å². The van der Waals surface area contributed by atoms with Gasteiger partial charge in [0.15, 0.2) is 0 Å². The molecule has 3 saturated heterocycles. The maximum atomic E-state index is 12.7. The molecule has 0 aliphatic carbocycles. The molecule has 3 fully saturated rings. The van der Waals surface area contributed by atoms with Gasteiger partial charge < -0.3 is 19.3 Å². The third-order valence-electron chi connectivity index (χ3n) is 6.20. The molecule has 9 nitrogen and oxygen atoms in total. The molecule has 0 spiro atoms. The lowest BCUT2D eigenvalue weighted by Crippen LogP contribution is -2.46. The Morgan fingerprint density at radius 2 is 1.60 bits per heavy atom. The topological polar surface area (TPSA) is 88.1 Å². The summed E-state index contributed by atoms with van der Waals surface area (Å²) in [6.45, 7) is 9.23. The number of carbonyl (C=O) groups is 2. The van der Waals surface area contributed by atoms with E-state index in [9.17, 15) is 9.59 Å². The van der Waals surface area contributed by atoms with Crippen molar-refractivity contribution in [2.75, 3.05) is 72.2 Å². The Labute approximate surface area is 177 Å². The number of ether oxygens (including phenoxy) is 2. The Morgan fingerprint density at radius 1 is 0.967 bits per heavy atom. The van der Waals surface area contributed by atoms with Crippen LogP contribution >= 0.6 is 0 Å². The fraction of sp³-hybridized carbons (Fsp3) is 0.714. The van der Waals surface area contributed by atoms with Crippen LogP contribution in [0.25, 0.3) is 0 Å². The van der Waals surface area contributed by atoms with Crippen LogP contribution < -0.4 is 0 Å². The van der Waals surface area contributed by atoms with Crippen molar-refractivity contribution in [3.8, 4) is 0 Å². The van der Waals surface area contributed by atoms with Crippen molar-refractivity contribution in [1.82, 2.24) is 24.7 Å². The molecular formula is C21H31N5O4. The average Bonchev–Trinajstić information content (AvgIpc) is 2.80. The first-order chi connectivity index (χ1) is 14.6. The number of carbonyl (C=O) groups excluding carboxylic acids is 2. The maximum Gasteiger partial charge on any atom is 0.257 e. The number of likely N-dealkylation sites (tertiary alicyclic amines) is 1. The Kier molecular flexibility index (Phi) is 6.91. The number of piperidine rings is 1. The van der Waals surface area contributed by atoms with Gasteiger partial charge >= 0.3 is 0 Å². The Hall–Kier alpha value is -2.10. The summed E-state index contributed by atoms with van der Waals surface area (Å²) >= 11 is 0. The molecule has 3 aliphatic heterocycles. The summed E-state index contributed by atoms with van der Waals surface area (Å²) in [4.78, 5) is 40.4. The normalized spacial score (nSPS) is 21.6. The molecule has 0 unspecified atom stereocenters. The van der Waals surface area contributed by atoms with Crippen molar-refractivity contribution in [2.45, 2.75) is 25.7 Å². The summed E-state index contributed by atoms with van der Waals surface area (Å²) in [6.07, 6.45) is 3.38. The first-order valence-electron chi connectivity index (χ1n) is 10.9. The van der Waals surface area contributed by atoms with Crippen LogP contribution in [-0.2, 0) is 14.3 Å². The second kappa shape index (κ2) is 9.80. The molecule has 164 valence electrons. The van der Waals surface area contributed by atoms with E-state index >= 15 is 0 Å². The highest BCUT2D eigenvalue weighted by atomic mass is 16.5. The van der Waals surface area contributed by atoms with Gasteiger partial charge in [0.2, 0.25) is 5.91 Å². The van der Waals surface area contributed by atoms with Gasteiger partial charge in [-0.05, 0) is 19.8 Å². The smallest absolute Gasteiger partial charge is 0.257 e. The molecule has 1 aromatic rings. The molecule has 2 amide bonds. The van der Waals surface area contributed by atoms with Crippen LogP contribution in [0, 0.1) is 6.92 Å². The van der Waals surface area contributed by atoms with E-state index in [0.29, 0.717) is 51.6 Å². The van der Waals surface area contributed by atoms with Crippen LogP contribution in [-0.4, -0.2) is 109 Å². The molecule has 4 rings (SSSR count). The Morgan fingerprint density at radius 3 is 2.23 bits per heavy atom. The zero-order chi connectivity index (χ0) is 20.9. The van der Waals surface area contributed by atoms with E-state index in [2.05, 4.69) is 14.9 Å². The molecule has 0 bridgehead atoms. The molecule has 9 heteroatoms. The molecule has 1 aromatic heterocycles. The third-order valence-corrected chi connectivity index (χ3v) is 6.20. The van der Waals surface area contributed by atoms with Crippen LogP contribution in [0.15, 0.2) is 6.20 Å². The molecule has 3 aliphatic rings. The van der Waals surface area contributed by atoms with Crippen molar-refractivity contribution < 1.29 is 19.1 Å². The standard InChI is InChI=1S/C21H31N5O4/c1-16-18(21(28)26-8-12-30-13-9-26)14-22-20(23-16)17-2-4-25(5-3-17)19(27)15-24-6-10-29-11-7-24/h14,17H,2-13,15H2,1H3. The van der Waals surface area contributed by atoms with Crippen molar-refractivity contribution in [3.05, 3.63) is 23.3 Å². The first-order valence-corrected chi connectivity index (χ1v) is 10.9. The number of amides is 2. The van der Waals surface area contributed by atoms with E-state index in [-0.39, 0.29) is 17.7 Å². The summed E-state index contributed by atoms with van der Waals surface area (Å²) in [7, 11) is 0. The zero-order valence-electron chi connectivity index (χ0n) is 17.7. The molecule has 30 heavy (non-hydrogen) atoms. The SMILES string of the molecule is Cc1nc(C2CCN(C(=O)CN3CCOCC3)CC2)ncc1C(=O)N1CCOCC1. The molecule has 0 radical (unpaired) electrons. The summed E-state index contributed by atoms with van der Waals surface area (Å²) < 4.78 is 10.7. The van der Waals surface area contributed by atoms with E-state index in [4.69, 9.17) is 9.47 Å². The van der Waals surface area contributed by atoms with E-state index in [0.717, 1.165) is 50.5 Å². The molecule has 4 heterocycles. The van der Waals surface area contributed by atoms with E-state index in [1.807, 2.05) is 11.8 Å². The van der Waals surface area contributed by atoms with Gasteiger partial charge in [-0.3, -0.25) is 14.5 Å². The van der Waals surface area contributed by atoms with Gasteiger partial charge in [-0.2, -0.15) is 0 Å². The summed E-state index contributed by atoms with van der Waals surface area (Å²) in [5, 5.41) is 0. The van der Waals surface area contributed by atoms with Crippen LogP contribution in [0.4, 0.5) is 0 Å². The number of aryl methyl sites for hydroxylation is 1. The van der Waals surface area contributed by atoms with Crippen molar-refractivity contribution in [2.24, 2.45) is 0 Å². The minimum Gasteiger partial charge on any atom is -0.379 e. The second-order valence-corrected chi connectivity index (χ2v) is 8.18. The summed E-state index contributed by atoms with van der Waals surface area (Å²) in [6, 6.07) is 0. The molecule has 0 saturated carbocycles. The largest absolute Gasteiger partial charge is 0.379 e. The molecule has 0 aromatic carbocycles. The van der Waals surface area contributed by atoms with Gasteiger partial charge in [0.1, 0.15) is 5.82 Å². The van der Waals surface area contributed by atoms with Crippen LogP contribution in [0.2, 0.25) is 0 Å². The van der Waals surface area contributed by atoms with Gasteiger partial charge in [0.25, 0.3) is 5.91 Å². The number of hydrogen-bond acceptors (Lipinski definition) is 7. The molecule has 0 N–H and O–H groups in total. The van der Waals surface area contributed by atoms with Gasteiger partial charge in [0, 0.05) is 51.4 Å². The number of nitrogens with zero attached hydrogens (tertiary/aromatic N) is 5. The minimum absolute atomic E-state index is 0.0223.